The summed E-state index contributed by atoms with van der Waals surface area (Å²) in [4.78, 5) is 24.6. The fraction of sp³-hybridized carbons (Fsp3) is 0.375. The van der Waals surface area contributed by atoms with Gasteiger partial charge in [0, 0.05) is 24.5 Å². The summed E-state index contributed by atoms with van der Waals surface area (Å²) in [7, 11) is 0. The van der Waals surface area contributed by atoms with Crippen molar-refractivity contribution in [2.75, 3.05) is 11.9 Å². The minimum atomic E-state index is -4.89. The van der Waals surface area contributed by atoms with Gasteiger partial charge < -0.3 is 10.2 Å². The molecule has 2 rings (SSSR count). The van der Waals surface area contributed by atoms with E-state index in [4.69, 9.17) is 0 Å². The van der Waals surface area contributed by atoms with Gasteiger partial charge >= 0.3 is 6.18 Å². The van der Waals surface area contributed by atoms with Gasteiger partial charge in [0.1, 0.15) is 6.04 Å². The summed E-state index contributed by atoms with van der Waals surface area (Å²) in [5, 5.41) is 2.75. The van der Waals surface area contributed by atoms with Gasteiger partial charge in [-0.25, -0.2) is 0 Å². The van der Waals surface area contributed by atoms with E-state index < -0.39 is 18.0 Å². The predicted molar refractivity (Wildman–Crippen MR) is 79.7 cm³/mol. The van der Waals surface area contributed by atoms with Crippen molar-refractivity contribution in [2.24, 2.45) is 0 Å². The Kier molecular flexibility index (Phi) is 5.08. The zero-order chi connectivity index (χ0) is 17.0. The largest absolute Gasteiger partial charge is 0.454 e. The molecule has 1 N–H and O–H groups in total. The molecular weight excluding hydrogens is 309 g/mol. The van der Waals surface area contributed by atoms with E-state index >= 15 is 0 Å². The molecule has 4 nitrogen and oxygen atoms in total. The second kappa shape index (κ2) is 6.85. The summed E-state index contributed by atoms with van der Waals surface area (Å²) in [6.45, 7) is 2.33. The molecule has 7 heteroatoms. The number of allylic oxidation sites excluding steroid dienone is 1. The van der Waals surface area contributed by atoms with Crippen molar-refractivity contribution in [2.45, 2.75) is 32.0 Å². The van der Waals surface area contributed by atoms with E-state index in [0.717, 1.165) is 11.8 Å². The van der Waals surface area contributed by atoms with Crippen LogP contribution in [-0.4, -0.2) is 35.4 Å². The SMILES string of the molecule is Cc1cccc(NC(=O)[C@H]2CCCN2/C=C/C(=O)C(F)(F)F)c1. The van der Waals surface area contributed by atoms with E-state index in [2.05, 4.69) is 5.32 Å². The lowest BCUT2D eigenvalue weighted by molar-refractivity contribution is -0.165. The Morgan fingerprint density at radius 1 is 1.35 bits per heavy atom. The maximum atomic E-state index is 12.3. The maximum Gasteiger partial charge on any atom is 0.454 e. The van der Waals surface area contributed by atoms with Gasteiger partial charge in [0.2, 0.25) is 5.91 Å². The van der Waals surface area contributed by atoms with Crippen LogP contribution in [0.5, 0.6) is 0 Å². The van der Waals surface area contributed by atoms with Crippen molar-refractivity contribution in [1.29, 1.82) is 0 Å². The quantitative estimate of drug-likeness (QED) is 0.865. The third kappa shape index (κ3) is 4.58. The number of halogens is 3. The lowest BCUT2D eigenvalue weighted by Gasteiger charge is -2.22. The predicted octanol–water partition coefficient (Wildman–Crippen LogP) is 3.04. The Labute approximate surface area is 132 Å². The van der Waals surface area contributed by atoms with Crippen molar-refractivity contribution in [3.8, 4) is 0 Å². The van der Waals surface area contributed by atoms with E-state index in [1.165, 1.54) is 4.90 Å². The van der Waals surface area contributed by atoms with Crippen molar-refractivity contribution >= 4 is 17.4 Å². The topological polar surface area (TPSA) is 49.4 Å². The minimum absolute atomic E-state index is 0.294. The number of likely N-dealkylation sites (tertiary alicyclic amines) is 1. The number of carbonyl (C=O) groups is 2. The molecule has 0 saturated carbocycles. The van der Waals surface area contributed by atoms with Gasteiger partial charge in [-0.2, -0.15) is 13.2 Å². The van der Waals surface area contributed by atoms with E-state index in [0.29, 0.717) is 31.1 Å². The number of carbonyl (C=O) groups excluding carboxylic acids is 2. The van der Waals surface area contributed by atoms with Gasteiger partial charge in [0.15, 0.2) is 0 Å². The van der Waals surface area contributed by atoms with Gasteiger partial charge in [-0.05, 0) is 37.5 Å². The molecule has 0 radical (unpaired) electrons. The Morgan fingerprint density at radius 2 is 2.09 bits per heavy atom. The molecule has 1 aromatic rings. The Bertz CT molecular complexity index is 626. The lowest BCUT2D eigenvalue weighted by atomic mass is 10.2. The maximum absolute atomic E-state index is 12.3. The number of rotatable bonds is 4. The molecule has 0 aromatic heterocycles. The highest BCUT2D eigenvalue weighted by Gasteiger charge is 2.37. The molecule has 0 bridgehead atoms. The normalized spacial score (nSPS) is 18.4. The summed E-state index contributed by atoms with van der Waals surface area (Å²) in [5.74, 6) is -2.22. The molecule has 1 aromatic carbocycles. The molecule has 0 spiro atoms. The van der Waals surface area contributed by atoms with Gasteiger partial charge in [0.05, 0.1) is 0 Å². The smallest absolute Gasteiger partial charge is 0.365 e. The van der Waals surface area contributed by atoms with Crippen molar-refractivity contribution in [3.63, 3.8) is 0 Å². The number of amides is 1. The van der Waals surface area contributed by atoms with Crippen molar-refractivity contribution < 1.29 is 22.8 Å². The number of ketones is 1. The van der Waals surface area contributed by atoms with Crippen LogP contribution in [0, 0.1) is 6.92 Å². The highest BCUT2D eigenvalue weighted by Crippen LogP contribution is 2.21. The van der Waals surface area contributed by atoms with Crippen LogP contribution >= 0.6 is 0 Å². The van der Waals surface area contributed by atoms with Crippen LogP contribution in [0.3, 0.4) is 0 Å². The van der Waals surface area contributed by atoms with E-state index in [1.54, 1.807) is 18.2 Å². The Hall–Kier alpha value is -2.31. The average Bonchev–Trinajstić information content (AvgIpc) is 2.92. The Morgan fingerprint density at radius 3 is 2.74 bits per heavy atom. The second-order valence-electron chi connectivity index (χ2n) is 5.43. The van der Waals surface area contributed by atoms with E-state index in [-0.39, 0.29) is 5.91 Å². The third-order valence-electron chi connectivity index (χ3n) is 3.58. The molecule has 1 saturated heterocycles. The van der Waals surface area contributed by atoms with Crippen LogP contribution in [0.2, 0.25) is 0 Å². The average molecular weight is 326 g/mol. The van der Waals surface area contributed by atoms with E-state index in [9.17, 15) is 22.8 Å². The molecule has 124 valence electrons. The molecule has 0 unspecified atom stereocenters. The molecule has 1 fully saturated rings. The minimum Gasteiger partial charge on any atom is -0.365 e. The van der Waals surface area contributed by atoms with Crippen LogP contribution in [0.15, 0.2) is 36.5 Å². The monoisotopic (exact) mass is 326 g/mol. The molecule has 0 aliphatic carbocycles. The van der Waals surface area contributed by atoms with Crippen LogP contribution in [0.1, 0.15) is 18.4 Å². The number of hydrogen-bond donors (Lipinski definition) is 1. The van der Waals surface area contributed by atoms with Crippen LogP contribution in [-0.2, 0) is 9.59 Å². The first-order chi connectivity index (χ1) is 10.8. The van der Waals surface area contributed by atoms with Gasteiger partial charge in [0.25, 0.3) is 5.78 Å². The summed E-state index contributed by atoms with van der Waals surface area (Å²) in [6.07, 6.45) is -2.16. The van der Waals surface area contributed by atoms with Crippen LogP contribution in [0.4, 0.5) is 18.9 Å². The standard InChI is InChI=1S/C16H17F3N2O2/c1-11-4-2-5-12(10-11)20-15(23)13-6-3-8-21(13)9-7-14(22)16(17,18)19/h2,4-5,7,9-10,13H,3,6,8H2,1H3,(H,20,23)/b9-7+/t13-/m1/s1. The zero-order valence-electron chi connectivity index (χ0n) is 12.6. The fourth-order valence-electron chi connectivity index (χ4n) is 2.46. The first-order valence-corrected chi connectivity index (χ1v) is 7.20. The zero-order valence-corrected chi connectivity index (χ0v) is 12.6. The van der Waals surface area contributed by atoms with Crippen LogP contribution < -0.4 is 5.32 Å². The number of nitrogens with one attached hydrogen (secondary N) is 1. The van der Waals surface area contributed by atoms with Crippen molar-refractivity contribution in [3.05, 3.63) is 42.1 Å². The number of alkyl halides is 3. The number of benzene rings is 1. The molecule has 1 heterocycles. The number of anilines is 1. The first-order valence-electron chi connectivity index (χ1n) is 7.20. The highest BCUT2D eigenvalue weighted by molar-refractivity contribution is 5.96. The summed E-state index contributed by atoms with van der Waals surface area (Å²) >= 11 is 0. The van der Waals surface area contributed by atoms with Gasteiger partial charge in [-0.15, -0.1) is 0 Å². The summed E-state index contributed by atoms with van der Waals surface area (Å²) in [6, 6.07) is 6.67. The third-order valence-corrected chi connectivity index (χ3v) is 3.58. The van der Waals surface area contributed by atoms with Gasteiger partial charge in [-0.1, -0.05) is 12.1 Å². The van der Waals surface area contributed by atoms with Crippen LogP contribution in [0.25, 0.3) is 0 Å². The Balaban J connectivity index is 2.02. The number of aryl methyl sites for hydroxylation is 1. The number of nitrogens with zero attached hydrogens (tertiary/aromatic N) is 1. The van der Waals surface area contributed by atoms with Crippen molar-refractivity contribution in [1.82, 2.24) is 4.90 Å². The molecule has 1 aliphatic rings. The lowest BCUT2D eigenvalue weighted by Crippen LogP contribution is -2.36. The second-order valence-corrected chi connectivity index (χ2v) is 5.43. The highest BCUT2D eigenvalue weighted by atomic mass is 19.4. The number of hydrogen-bond acceptors (Lipinski definition) is 3. The fourth-order valence-corrected chi connectivity index (χ4v) is 2.46. The molecule has 1 amide bonds. The summed E-state index contributed by atoms with van der Waals surface area (Å²) in [5.41, 5.74) is 1.62. The molecule has 1 atom stereocenters. The first kappa shape index (κ1) is 17.1. The molecular formula is C16H17F3N2O2. The van der Waals surface area contributed by atoms with Gasteiger partial charge in [-0.3, -0.25) is 9.59 Å². The molecule has 1 aliphatic heterocycles. The van der Waals surface area contributed by atoms with E-state index in [1.807, 2.05) is 13.0 Å². The summed E-state index contributed by atoms with van der Waals surface area (Å²) < 4.78 is 36.6. The molecule has 23 heavy (non-hydrogen) atoms.